The van der Waals surface area contributed by atoms with Gasteiger partial charge in [0, 0.05) is 7.05 Å². The van der Waals surface area contributed by atoms with E-state index in [1.165, 1.54) is 11.7 Å². The molecule has 0 spiro atoms. The zero-order valence-electron chi connectivity index (χ0n) is 5.22. The van der Waals surface area contributed by atoms with E-state index in [2.05, 4.69) is 5.10 Å². The Morgan fingerprint density at radius 3 is 2.50 bits per heavy atom. The molecule has 10 heavy (non-hydrogen) atoms. The van der Waals surface area contributed by atoms with Crippen molar-refractivity contribution >= 4 is 17.9 Å². The Hall–Kier alpha value is -1.03. The first-order valence-corrected chi connectivity index (χ1v) is 2.94. The van der Waals surface area contributed by atoms with E-state index in [9.17, 15) is 9.59 Å². The predicted molar refractivity (Wildman–Crippen MR) is 36.4 cm³/mol. The normalized spacial score (nSPS) is 9.80. The number of halogens is 1. The van der Waals surface area contributed by atoms with Gasteiger partial charge in [-0.05, 0) is 0 Å². The number of nitrogens with one attached hydrogen (secondary N) is 1. The van der Waals surface area contributed by atoms with Crippen LogP contribution in [0.5, 0.6) is 0 Å². The van der Waals surface area contributed by atoms with Crippen molar-refractivity contribution in [1.82, 2.24) is 9.78 Å². The Morgan fingerprint density at radius 2 is 2.30 bits per heavy atom. The van der Waals surface area contributed by atoms with Gasteiger partial charge in [-0.3, -0.25) is 19.4 Å². The van der Waals surface area contributed by atoms with Gasteiger partial charge in [0.25, 0.3) is 5.56 Å². The molecule has 54 valence electrons. The fraction of sp³-hybridized carbons (Fsp3) is 0.200. The molecule has 5 heteroatoms. The van der Waals surface area contributed by atoms with E-state index in [-0.39, 0.29) is 10.7 Å². The number of carbonyl (C=O) groups excluding carboxylic acids is 1. The second-order valence-electron chi connectivity index (χ2n) is 1.82. The highest BCUT2D eigenvalue weighted by atomic mass is 35.5. The number of hydrogen-bond acceptors (Lipinski definition) is 2. The van der Waals surface area contributed by atoms with Gasteiger partial charge in [0.2, 0.25) is 0 Å². The van der Waals surface area contributed by atoms with Crippen molar-refractivity contribution in [3.63, 3.8) is 0 Å². The van der Waals surface area contributed by atoms with E-state index in [0.717, 1.165) is 0 Å². The molecule has 0 aromatic carbocycles. The van der Waals surface area contributed by atoms with Crippen LogP contribution in [-0.4, -0.2) is 16.1 Å². The van der Waals surface area contributed by atoms with E-state index < -0.39 is 5.56 Å². The highest BCUT2D eigenvalue weighted by Gasteiger charge is 2.07. The first kappa shape index (κ1) is 7.08. The largest absolute Gasteiger partial charge is 0.296 e. The van der Waals surface area contributed by atoms with Crippen molar-refractivity contribution in [2.45, 2.75) is 0 Å². The van der Waals surface area contributed by atoms with Gasteiger partial charge in [0.05, 0.1) is 0 Å². The van der Waals surface area contributed by atoms with Crippen molar-refractivity contribution in [1.29, 1.82) is 0 Å². The molecule has 1 heterocycles. The van der Waals surface area contributed by atoms with E-state index in [1.807, 2.05) is 0 Å². The van der Waals surface area contributed by atoms with Gasteiger partial charge in [0.15, 0.2) is 6.29 Å². The van der Waals surface area contributed by atoms with Crippen LogP contribution in [0.3, 0.4) is 0 Å². The molecule has 1 aromatic rings. The molecule has 0 unspecified atom stereocenters. The summed E-state index contributed by atoms with van der Waals surface area (Å²) in [6, 6.07) is 0. The van der Waals surface area contributed by atoms with Gasteiger partial charge < -0.3 is 0 Å². The summed E-state index contributed by atoms with van der Waals surface area (Å²) in [7, 11) is 1.54. The summed E-state index contributed by atoms with van der Waals surface area (Å²) in [4.78, 5) is 20.8. The van der Waals surface area contributed by atoms with E-state index in [4.69, 9.17) is 11.6 Å². The molecule has 0 saturated heterocycles. The first-order valence-electron chi connectivity index (χ1n) is 2.56. The van der Waals surface area contributed by atoms with Crippen molar-refractivity contribution < 1.29 is 4.79 Å². The van der Waals surface area contributed by atoms with Crippen LogP contribution in [0.1, 0.15) is 10.5 Å². The highest BCUT2D eigenvalue weighted by molar-refractivity contribution is 6.32. The molecular formula is C5H5ClN2O2. The number of aryl methyl sites for hydroxylation is 1. The molecule has 1 rings (SSSR count). The molecule has 0 radical (unpaired) electrons. The number of rotatable bonds is 1. The van der Waals surface area contributed by atoms with Crippen LogP contribution in [0.15, 0.2) is 4.79 Å². The third-order valence-corrected chi connectivity index (χ3v) is 1.53. The number of H-pyrrole nitrogens is 1. The Morgan fingerprint density at radius 1 is 1.70 bits per heavy atom. The van der Waals surface area contributed by atoms with E-state index >= 15 is 0 Å². The van der Waals surface area contributed by atoms with Gasteiger partial charge in [0.1, 0.15) is 10.7 Å². The lowest BCUT2D eigenvalue weighted by Crippen LogP contribution is -2.01. The summed E-state index contributed by atoms with van der Waals surface area (Å²) in [5.41, 5.74) is -0.266. The molecule has 0 aliphatic heterocycles. The van der Waals surface area contributed by atoms with Gasteiger partial charge in [-0.15, -0.1) is 0 Å². The highest BCUT2D eigenvalue weighted by Crippen LogP contribution is 2.04. The summed E-state index contributed by atoms with van der Waals surface area (Å²) in [5, 5.41) is 2.27. The average molecular weight is 161 g/mol. The van der Waals surface area contributed by atoms with Crippen molar-refractivity contribution in [2.75, 3.05) is 0 Å². The van der Waals surface area contributed by atoms with Crippen LogP contribution in [0, 0.1) is 0 Å². The minimum atomic E-state index is -0.439. The van der Waals surface area contributed by atoms with Gasteiger partial charge in [-0.2, -0.15) is 0 Å². The van der Waals surface area contributed by atoms with E-state index in [0.29, 0.717) is 6.29 Å². The van der Waals surface area contributed by atoms with E-state index in [1.54, 1.807) is 0 Å². The quantitative estimate of drug-likeness (QED) is 0.596. The molecule has 0 amide bonds. The first-order chi connectivity index (χ1) is 4.66. The molecule has 1 N–H and O–H groups in total. The molecular weight excluding hydrogens is 156 g/mol. The SMILES string of the molecule is Cn1[nH]c(=O)c(Cl)c1C=O. The molecule has 1 aromatic heterocycles. The zero-order valence-corrected chi connectivity index (χ0v) is 5.97. The minimum absolute atomic E-state index is 0.0579. The molecule has 0 fully saturated rings. The monoisotopic (exact) mass is 160 g/mol. The summed E-state index contributed by atoms with van der Waals surface area (Å²) >= 11 is 5.42. The maximum Gasteiger partial charge on any atom is 0.283 e. The molecule has 0 aliphatic carbocycles. The van der Waals surface area contributed by atoms with Gasteiger partial charge >= 0.3 is 0 Å². The van der Waals surface area contributed by atoms with Crippen LogP contribution in [0.2, 0.25) is 5.02 Å². The van der Waals surface area contributed by atoms with Crippen LogP contribution >= 0.6 is 11.6 Å². The smallest absolute Gasteiger partial charge is 0.283 e. The Labute approximate surface area is 61.4 Å². The Balaban J connectivity index is 3.48. The second kappa shape index (κ2) is 2.30. The van der Waals surface area contributed by atoms with Gasteiger partial charge in [-0.1, -0.05) is 11.6 Å². The third-order valence-electron chi connectivity index (χ3n) is 1.17. The maximum absolute atomic E-state index is 10.7. The molecule has 0 atom stereocenters. The average Bonchev–Trinajstić information content (AvgIpc) is 2.09. The van der Waals surface area contributed by atoms with Crippen LogP contribution in [0.4, 0.5) is 0 Å². The van der Waals surface area contributed by atoms with Gasteiger partial charge in [-0.25, -0.2) is 0 Å². The number of aromatic amines is 1. The third kappa shape index (κ3) is 0.863. The maximum atomic E-state index is 10.7. The molecule has 0 bridgehead atoms. The van der Waals surface area contributed by atoms with Crippen molar-refractivity contribution in [2.24, 2.45) is 7.05 Å². The second-order valence-corrected chi connectivity index (χ2v) is 2.19. The molecule has 4 nitrogen and oxygen atoms in total. The molecule has 0 aliphatic rings. The predicted octanol–water partition coefficient (Wildman–Crippen LogP) is 0.179. The summed E-state index contributed by atoms with van der Waals surface area (Å²) in [6.07, 6.45) is 0.528. The van der Waals surface area contributed by atoms with Crippen molar-refractivity contribution in [3.8, 4) is 0 Å². The zero-order chi connectivity index (χ0) is 7.72. The standard InChI is InChI=1S/C5H5ClN2O2/c1-8-3(2-9)4(6)5(10)7-8/h2H,1H3,(H,7,10). The Kier molecular flexibility index (Phi) is 1.63. The summed E-state index contributed by atoms with van der Waals surface area (Å²) < 4.78 is 1.28. The minimum Gasteiger partial charge on any atom is -0.296 e. The summed E-state index contributed by atoms with van der Waals surface area (Å²) in [6.45, 7) is 0. The van der Waals surface area contributed by atoms with Crippen LogP contribution in [0.25, 0.3) is 0 Å². The van der Waals surface area contributed by atoms with Crippen molar-refractivity contribution in [3.05, 3.63) is 21.1 Å². The number of aromatic nitrogens is 2. The lowest BCUT2D eigenvalue weighted by atomic mass is 10.5. The lowest BCUT2D eigenvalue weighted by Gasteiger charge is -1.89. The number of hydrogen-bond donors (Lipinski definition) is 1. The Bertz CT molecular complexity index is 312. The van der Waals surface area contributed by atoms with Crippen LogP contribution < -0.4 is 5.56 Å². The number of nitrogens with zero attached hydrogens (tertiary/aromatic N) is 1. The van der Waals surface area contributed by atoms with Crippen LogP contribution in [-0.2, 0) is 7.05 Å². The molecule has 0 saturated carbocycles. The number of carbonyl (C=O) groups is 1. The fourth-order valence-electron chi connectivity index (χ4n) is 0.656. The topological polar surface area (TPSA) is 54.9 Å². The number of aldehydes is 1. The fourth-order valence-corrected chi connectivity index (χ4v) is 0.870. The lowest BCUT2D eigenvalue weighted by molar-refractivity contribution is 0.111. The summed E-state index contributed by atoms with van der Waals surface area (Å²) in [5.74, 6) is 0.